The van der Waals surface area contributed by atoms with E-state index in [-0.39, 0.29) is 0 Å². The molecule has 0 saturated carbocycles. The number of hydrogen-bond acceptors (Lipinski definition) is 3. The van der Waals surface area contributed by atoms with E-state index in [0.717, 1.165) is 57.3 Å². The summed E-state index contributed by atoms with van der Waals surface area (Å²) in [6.45, 7) is 8.67. The van der Waals surface area contributed by atoms with E-state index < -0.39 is 0 Å². The van der Waals surface area contributed by atoms with Crippen molar-refractivity contribution in [3.8, 4) is 0 Å². The monoisotopic (exact) mass is 320 g/mol. The van der Waals surface area contributed by atoms with Gasteiger partial charge in [0.1, 0.15) is 0 Å². The molecule has 0 aliphatic heterocycles. The van der Waals surface area contributed by atoms with Crippen LogP contribution in [-0.2, 0) is 4.74 Å². The summed E-state index contributed by atoms with van der Waals surface area (Å²) in [7, 11) is 1.80. The van der Waals surface area contributed by atoms with Crippen molar-refractivity contribution in [2.75, 3.05) is 45.2 Å². The van der Waals surface area contributed by atoms with Crippen molar-refractivity contribution in [1.29, 1.82) is 0 Å². The van der Waals surface area contributed by atoms with Gasteiger partial charge in [-0.05, 0) is 30.9 Å². The van der Waals surface area contributed by atoms with Crippen molar-refractivity contribution in [2.45, 2.75) is 26.7 Å². The van der Waals surface area contributed by atoms with Crippen LogP contribution in [0.3, 0.4) is 0 Å². The minimum atomic E-state index is 0.599. The van der Waals surface area contributed by atoms with E-state index in [0.29, 0.717) is 5.92 Å². The second kappa shape index (κ2) is 12.8. The molecule has 1 aromatic rings. The topological polar surface area (TPSA) is 57.7 Å². The Morgan fingerprint density at radius 1 is 1.04 bits per heavy atom. The smallest absolute Gasteiger partial charge is 0.190 e. The number of hydrogen-bond donors (Lipinski definition) is 3. The lowest BCUT2D eigenvalue weighted by Crippen LogP contribution is -2.38. The van der Waals surface area contributed by atoms with Gasteiger partial charge in [0.25, 0.3) is 0 Å². The molecule has 0 unspecified atom stereocenters. The lowest BCUT2D eigenvalue weighted by Gasteiger charge is -2.12. The normalized spacial score (nSPS) is 11.6. The SMILES string of the molecule is CN=C(NCCCNc1ccccc1)NCCCOCC(C)C. The summed E-state index contributed by atoms with van der Waals surface area (Å²) in [6.07, 6.45) is 2.02. The van der Waals surface area contributed by atoms with Crippen molar-refractivity contribution >= 4 is 11.6 Å². The van der Waals surface area contributed by atoms with Gasteiger partial charge >= 0.3 is 0 Å². The highest BCUT2D eigenvalue weighted by atomic mass is 16.5. The molecule has 23 heavy (non-hydrogen) atoms. The summed E-state index contributed by atoms with van der Waals surface area (Å²) >= 11 is 0. The first-order valence-corrected chi connectivity index (χ1v) is 8.53. The van der Waals surface area contributed by atoms with E-state index in [1.54, 1.807) is 7.05 Å². The summed E-state index contributed by atoms with van der Waals surface area (Å²) in [6, 6.07) is 10.3. The Hall–Kier alpha value is -1.75. The Kier molecular flexibility index (Phi) is 10.7. The summed E-state index contributed by atoms with van der Waals surface area (Å²) < 4.78 is 5.56. The molecule has 0 aliphatic rings. The molecule has 0 saturated heterocycles. The molecule has 0 fully saturated rings. The van der Waals surface area contributed by atoms with Gasteiger partial charge in [0.2, 0.25) is 0 Å². The van der Waals surface area contributed by atoms with E-state index in [1.165, 1.54) is 0 Å². The van der Waals surface area contributed by atoms with E-state index in [9.17, 15) is 0 Å². The van der Waals surface area contributed by atoms with E-state index in [2.05, 4.69) is 46.9 Å². The molecule has 0 amide bonds. The maximum absolute atomic E-state index is 5.56. The maximum atomic E-state index is 5.56. The van der Waals surface area contributed by atoms with Gasteiger partial charge in [-0.25, -0.2) is 0 Å². The summed E-state index contributed by atoms with van der Waals surface area (Å²) in [4.78, 5) is 4.22. The number of para-hydroxylation sites is 1. The molecule has 5 nitrogen and oxygen atoms in total. The number of guanidine groups is 1. The molecule has 0 aromatic heterocycles. The standard InChI is InChI=1S/C18H32N4O/c1-16(2)15-23-14-8-13-22-18(19-3)21-12-7-11-20-17-9-5-4-6-10-17/h4-6,9-10,16,20H,7-8,11-15H2,1-3H3,(H2,19,21,22). The zero-order chi connectivity index (χ0) is 16.8. The largest absolute Gasteiger partial charge is 0.385 e. The Morgan fingerprint density at radius 3 is 2.39 bits per heavy atom. The summed E-state index contributed by atoms with van der Waals surface area (Å²) in [5, 5.41) is 10.0. The number of benzene rings is 1. The zero-order valence-corrected chi connectivity index (χ0v) is 14.8. The molecule has 1 aromatic carbocycles. The van der Waals surface area contributed by atoms with Crippen molar-refractivity contribution in [1.82, 2.24) is 10.6 Å². The molecule has 1 rings (SSSR count). The predicted molar refractivity (Wildman–Crippen MR) is 99.2 cm³/mol. The first-order valence-electron chi connectivity index (χ1n) is 8.53. The van der Waals surface area contributed by atoms with E-state index in [1.807, 2.05) is 18.2 Å². The molecule has 0 spiro atoms. The third kappa shape index (κ3) is 10.6. The lowest BCUT2D eigenvalue weighted by molar-refractivity contribution is 0.108. The van der Waals surface area contributed by atoms with Crippen LogP contribution in [0, 0.1) is 5.92 Å². The Morgan fingerprint density at radius 2 is 1.74 bits per heavy atom. The molecule has 130 valence electrons. The van der Waals surface area contributed by atoms with Gasteiger partial charge in [0.15, 0.2) is 5.96 Å². The van der Waals surface area contributed by atoms with Crippen LogP contribution in [0.4, 0.5) is 5.69 Å². The van der Waals surface area contributed by atoms with Crippen LogP contribution >= 0.6 is 0 Å². The molecule has 3 N–H and O–H groups in total. The third-order valence-electron chi connectivity index (χ3n) is 3.18. The van der Waals surface area contributed by atoms with Crippen molar-refractivity contribution in [3.63, 3.8) is 0 Å². The van der Waals surface area contributed by atoms with Crippen molar-refractivity contribution in [3.05, 3.63) is 30.3 Å². The van der Waals surface area contributed by atoms with Gasteiger partial charge in [-0.2, -0.15) is 0 Å². The molecule has 0 radical (unpaired) electrons. The highest BCUT2D eigenvalue weighted by Crippen LogP contribution is 2.04. The minimum absolute atomic E-state index is 0.599. The highest BCUT2D eigenvalue weighted by molar-refractivity contribution is 5.79. The van der Waals surface area contributed by atoms with Crippen LogP contribution in [0.2, 0.25) is 0 Å². The molecule has 0 bridgehead atoms. The molecular formula is C18H32N4O. The van der Waals surface area contributed by atoms with Crippen LogP contribution in [0.15, 0.2) is 35.3 Å². The lowest BCUT2D eigenvalue weighted by atomic mass is 10.2. The Balaban J connectivity index is 1.99. The van der Waals surface area contributed by atoms with Crippen LogP contribution in [0.5, 0.6) is 0 Å². The van der Waals surface area contributed by atoms with Crippen molar-refractivity contribution < 1.29 is 4.74 Å². The van der Waals surface area contributed by atoms with Crippen LogP contribution < -0.4 is 16.0 Å². The van der Waals surface area contributed by atoms with Gasteiger partial charge < -0.3 is 20.7 Å². The van der Waals surface area contributed by atoms with Gasteiger partial charge in [0.05, 0.1) is 0 Å². The third-order valence-corrected chi connectivity index (χ3v) is 3.18. The molecular weight excluding hydrogens is 288 g/mol. The van der Waals surface area contributed by atoms with E-state index >= 15 is 0 Å². The molecule has 0 aliphatic carbocycles. The fourth-order valence-corrected chi connectivity index (χ4v) is 2.00. The predicted octanol–water partition coefficient (Wildman–Crippen LogP) is 2.72. The van der Waals surface area contributed by atoms with Crippen LogP contribution in [0.25, 0.3) is 0 Å². The zero-order valence-electron chi connectivity index (χ0n) is 14.8. The average Bonchev–Trinajstić information content (AvgIpc) is 2.56. The Bertz CT molecular complexity index is 420. The van der Waals surface area contributed by atoms with Crippen LogP contribution in [0.1, 0.15) is 26.7 Å². The fraction of sp³-hybridized carbons (Fsp3) is 0.611. The van der Waals surface area contributed by atoms with Crippen molar-refractivity contribution in [2.24, 2.45) is 10.9 Å². The molecule has 0 heterocycles. The second-order valence-corrected chi connectivity index (χ2v) is 5.89. The number of ether oxygens (including phenoxy) is 1. The Labute approximate surface area is 140 Å². The maximum Gasteiger partial charge on any atom is 0.190 e. The van der Waals surface area contributed by atoms with Gasteiger partial charge in [-0.3, -0.25) is 4.99 Å². The van der Waals surface area contributed by atoms with Gasteiger partial charge in [0, 0.05) is 45.6 Å². The minimum Gasteiger partial charge on any atom is -0.385 e. The second-order valence-electron chi connectivity index (χ2n) is 5.89. The first kappa shape index (κ1) is 19.3. The number of nitrogens with zero attached hydrogens (tertiary/aromatic N) is 1. The quantitative estimate of drug-likeness (QED) is 0.333. The molecule has 0 atom stereocenters. The van der Waals surface area contributed by atoms with E-state index in [4.69, 9.17) is 4.74 Å². The molecule has 5 heteroatoms. The number of nitrogens with one attached hydrogen (secondary N) is 3. The van der Waals surface area contributed by atoms with Crippen LogP contribution in [-0.4, -0.2) is 45.9 Å². The van der Waals surface area contributed by atoms with Gasteiger partial charge in [-0.1, -0.05) is 32.0 Å². The fourth-order valence-electron chi connectivity index (χ4n) is 2.00. The number of rotatable bonds is 11. The average molecular weight is 320 g/mol. The summed E-state index contributed by atoms with van der Waals surface area (Å²) in [5.74, 6) is 1.45. The number of aliphatic imine (C=N–C) groups is 1. The summed E-state index contributed by atoms with van der Waals surface area (Å²) in [5.41, 5.74) is 1.16. The van der Waals surface area contributed by atoms with Gasteiger partial charge in [-0.15, -0.1) is 0 Å². The highest BCUT2D eigenvalue weighted by Gasteiger charge is 1.98. The first-order chi connectivity index (χ1) is 11.2. The number of anilines is 1.